The van der Waals surface area contributed by atoms with Crippen molar-refractivity contribution in [3.63, 3.8) is 0 Å². The van der Waals surface area contributed by atoms with E-state index in [1.807, 2.05) is 0 Å². The van der Waals surface area contributed by atoms with E-state index in [1.54, 1.807) is 0 Å². The van der Waals surface area contributed by atoms with Gasteiger partial charge in [-0.1, -0.05) is 13.3 Å². The molecule has 1 rings (SSSR count). The molecule has 0 N–H and O–H groups in total. The second-order valence-corrected chi connectivity index (χ2v) is 14.1. The molecule has 0 radical (unpaired) electrons. The Morgan fingerprint density at radius 2 is 1.58 bits per heavy atom. The molecule has 0 unspecified atom stereocenters. The molecule has 12 heavy (non-hydrogen) atoms. The van der Waals surface area contributed by atoms with Gasteiger partial charge < -0.3 is 4.74 Å². The van der Waals surface area contributed by atoms with Gasteiger partial charge in [0.25, 0.3) is 0 Å². The molecule has 1 nitrogen and oxygen atoms in total. The summed E-state index contributed by atoms with van der Waals surface area (Å²) in [6.07, 6.45) is 3.91. The molecule has 1 fully saturated rings. The van der Waals surface area contributed by atoms with Crippen molar-refractivity contribution in [3.8, 4) is 0 Å². The van der Waals surface area contributed by atoms with Gasteiger partial charge in [-0.2, -0.15) is 0 Å². The van der Waals surface area contributed by atoms with Crippen molar-refractivity contribution in [2.75, 3.05) is 13.2 Å². The molecule has 74 valence electrons. The van der Waals surface area contributed by atoms with Crippen LogP contribution >= 0.6 is 0 Å². The summed E-state index contributed by atoms with van der Waals surface area (Å²) in [6, 6.07) is 0. The molecule has 0 saturated carbocycles. The Morgan fingerprint density at radius 1 is 1.17 bits per heavy atom. The Labute approximate surface area is 84.6 Å². The number of rotatable bonds is 1. The van der Waals surface area contributed by atoms with E-state index >= 15 is 0 Å². The van der Waals surface area contributed by atoms with Crippen LogP contribution < -0.4 is 0 Å². The zero-order valence-electron chi connectivity index (χ0n) is 9.10. The standard InChI is InChI=1S/C7H14O.3CH3.Sn.H/c1-2-7-3-5-8-6-4-7;;;;;/h7H,2-6H2,1H3;3*1H3;;. The Kier molecular flexibility index (Phi) is 8.89. The Hall–Kier alpha value is 0.759. The summed E-state index contributed by atoms with van der Waals surface area (Å²) in [5.74, 6) is 0.962. The van der Waals surface area contributed by atoms with Crippen LogP contribution in [0.3, 0.4) is 0 Å². The third kappa shape index (κ3) is 8.85. The molecule has 2 heteroatoms. The summed E-state index contributed by atoms with van der Waals surface area (Å²) in [7, 11) is 0. The van der Waals surface area contributed by atoms with Crippen molar-refractivity contribution in [1.29, 1.82) is 0 Å². The Bertz CT molecular complexity index is 85.1. The average Bonchev–Trinajstić information content (AvgIpc) is 2.05. The first-order valence-corrected chi connectivity index (χ1v) is 15.1. The predicted octanol–water partition coefficient (Wildman–Crippen LogP) is 2.93. The van der Waals surface area contributed by atoms with E-state index in [9.17, 15) is 0 Å². The summed E-state index contributed by atoms with van der Waals surface area (Å²) in [5.41, 5.74) is 0. The monoisotopic (exact) mass is 280 g/mol. The molecule has 1 aliphatic rings. The van der Waals surface area contributed by atoms with E-state index in [0.717, 1.165) is 19.1 Å². The Morgan fingerprint density at radius 3 is 1.83 bits per heavy atom. The second-order valence-electron chi connectivity index (χ2n) is 4.20. The first kappa shape index (κ1) is 12.8. The van der Waals surface area contributed by atoms with Crippen LogP contribution in [0, 0.1) is 5.92 Å². The van der Waals surface area contributed by atoms with Gasteiger partial charge in [-0.05, 0) is 18.8 Å². The summed E-state index contributed by atoms with van der Waals surface area (Å²) in [5, 5.41) is 0. The van der Waals surface area contributed by atoms with E-state index in [-0.39, 0.29) is 0 Å². The van der Waals surface area contributed by atoms with E-state index in [0.29, 0.717) is 0 Å². The van der Waals surface area contributed by atoms with Crippen LogP contribution in [0.4, 0.5) is 0 Å². The number of ether oxygens (including phenoxy) is 1. The topological polar surface area (TPSA) is 9.23 Å². The summed E-state index contributed by atoms with van der Waals surface area (Å²) < 4.78 is 5.20. The average molecular weight is 279 g/mol. The maximum atomic E-state index is 5.20. The zero-order valence-corrected chi connectivity index (χ0v) is 12.4. The van der Waals surface area contributed by atoms with Crippen molar-refractivity contribution in [1.82, 2.24) is 0 Å². The van der Waals surface area contributed by atoms with Gasteiger partial charge >= 0.3 is 34.6 Å². The van der Waals surface area contributed by atoms with E-state index in [4.69, 9.17) is 4.74 Å². The fourth-order valence-electron chi connectivity index (χ4n) is 1.15. The van der Waals surface area contributed by atoms with Gasteiger partial charge in [-0.25, -0.2) is 0 Å². The molecule has 0 aromatic rings. The first-order chi connectivity index (χ1) is 5.66. The van der Waals surface area contributed by atoms with Crippen molar-refractivity contribution in [3.05, 3.63) is 0 Å². The maximum absolute atomic E-state index is 5.20. The summed E-state index contributed by atoms with van der Waals surface area (Å²) in [4.78, 5) is 7.13. The van der Waals surface area contributed by atoms with Gasteiger partial charge in [0.1, 0.15) is 0 Å². The summed E-state index contributed by atoms with van der Waals surface area (Å²) >= 11 is -0.637. The molecular formula is C10H24OSn. The van der Waals surface area contributed by atoms with Crippen molar-refractivity contribution in [2.45, 2.75) is 41.0 Å². The molecule has 0 amide bonds. The molecule has 0 aliphatic carbocycles. The van der Waals surface area contributed by atoms with Crippen molar-refractivity contribution in [2.24, 2.45) is 5.92 Å². The normalized spacial score (nSPS) is 18.8. The van der Waals surface area contributed by atoms with Crippen molar-refractivity contribution >= 4 is 19.8 Å². The third-order valence-corrected chi connectivity index (χ3v) is 1.92. The van der Waals surface area contributed by atoms with Crippen LogP contribution in [0.2, 0.25) is 14.8 Å². The first-order valence-electron chi connectivity index (χ1n) is 5.24. The van der Waals surface area contributed by atoms with Crippen LogP contribution in [0.5, 0.6) is 0 Å². The predicted molar refractivity (Wildman–Crippen MR) is 58.6 cm³/mol. The van der Waals surface area contributed by atoms with E-state index in [2.05, 4.69) is 21.7 Å². The minimum atomic E-state index is -0.637. The van der Waals surface area contributed by atoms with Gasteiger partial charge in [-0.15, -0.1) is 0 Å². The molecule has 0 aromatic carbocycles. The fraction of sp³-hybridized carbons (Fsp3) is 1.00. The van der Waals surface area contributed by atoms with Gasteiger partial charge in [-0.3, -0.25) is 0 Å². The van der Waals surface area contributed by atoms with Crippen LogP contribution in [0.25, 0.3) is 0 Å². The van der Waals surface area contributed by atoms with Gasteiger partial charge in [0.2, 0.25) is 0 Å². The van der Waals surface area contributed by atoms with Crippen molar-refractivity contribution < 1.29 is 4.74 Å². The van der Waals surface area contributed by atoms with Gasteiger partial charge in [0.15, 0.2) is 0 Å². The number of hydrogen-bond donors (Lipinski definition) is 0. The van der Waals surface area contributed by atoms with Crippen LogP contribution in [0.1, 0.15) is 26.2 Å². The van der Waals surface area contributed by atoms with E-state index < -0.39 is 19.8 Å². The second kappa shape index (κ2) is 8.36. The SMILES string of the molecule is CCC1CCOCC1.[CH3][SnH]([CH3])[CH3]. The molecule has 0 spiro atoms. The van der Waals surface area contributed by atoms with Crippen LogP contribution in [-0.4, -0.2) is 33.0 Å². The molecule has 0 bridgehead atoms. The molecular weight excluding hydrogens is 255 g/mol. The molecule has 0 aromatic heterocycles. The zero-order chi connectivity index (χ0) is 9.40. The van der Waals surface area contributed by atoms with Crippen LogP contribution in [-0.2, 0) is 4.74 Å². The van der Waals surface area contributed by atoms with Gasteiger partial charge in [0, 0.05) is 13.2 Å². The molecule has 1 aliphatic heterocycles. The van der Waals surface area contributed by atoms with Gasteiger partial charge in [0.05, 0.1) is 0 Å². The fourth-order valence-corrected chi connectivity index (χ4v) is 1.15. The third-order valence-electron chi connectivity index (χ3n) is 1.92. The molecule has 1 saturated heterocycles. The molecule has 0 atom stereocenters. The number of hydrogen-bond acceptors (Lipinski definition) is 1. The summed E-state index contributed by atoms with van der Waals surface area (Å²) in [6.45, 7) is 4.26. The molecule has 1 heterocycles. The minimum absolute atomic E-state index is 0.637. The quantitative estimate of drug-likeness (QED) is 0.670. The van der Waals surface area contributed by atoms with E-state index in [1.165, 1.54) is 19.3 Å². The Balaban J connectivity index is 0.000000261. The van der Waals surface area contributed by atoms with Crippen LogP contribution in [0.15, 0.2) is 0 Å².